The van der Waals surface area contributed by atoms with Crippen LogP contribution in [0.15, 0.2) is 59.1 Å². The summed E-state index contributed by atoms with van der Waals surface area (Å²) >= 11 is 0. The van der Waals surface area contributed by atoms with Gasteiger partial charge in [0.2, 0.25) is 11.9 Å². The first-order valence-corrected chi connectivity index (χ1v) is 8.51. The number of benzene rings is 2. The van der Waals surface area contributed by atoms with Crippen LogP contribution in [0.1, 0.15) is 39.0 Å². The van der Waals surface area contributed by atoms with Crippen LogP contribution in [0.3, 0.4) is 0 Å². The fourth-order valence-corrected chi connectivity index (χ4v) is 2.59. The predicted molar refractivity (Wildman–Crippen MR) is 100 cm³/mol. The number of carbonyl (C=O) groups is 2. The first kappa shape index (κ1) is 18.4. The zero-order valence-corrected chi connectivity index (χ0v) is 15.4. The Balaban J connectivity index is 1.86. The number of aromatic nitrogens is 1. The summed E-state index contributed by atoms with van der Waals surface area (Å²) in [5, 5.41) is 6.52. The van der Waals surface area contributed by atoms with Crippen molar-refractivity contribution in [2.75, 3.05) is 5.32 Å². The summed E-state index contributed by atoms with van der Waals surface area (Å²) in [6.45, 7) is 5.54. The summed E-state index contributed by atoms with van der Waals surface area (Å²) in [5.41, 5.74) is 3.72. The third-order valence-corrected chi connectivity index (χ3v) is 4.05. The zero-order valence-electron chi connectivity index (χ0n) is 15.4. The summed E-state index contributed by atoms with van der Waals surface area (Å²) < 4.78 is 10.4. The van der Waals surface area contributed by atoms with Gasteiger partial charge < -0.3 is 14.6 Å². The van der Waals surface area contributed by atoms with Crippen molar-refractivity contribution >= 4 is 17.6 Å². The molecule has 6 nitrogen and oxygen atoms in total. The highest BCUT2D eigenvalue weighted by molar-refractivity contribution is 5.98. The molecule has 0 radical (unpaired) electrons. The molecule has 3 rings (SSSR count). The lowest BCUT2D eigenvalue weighted by atomic mass is 10.1. The summed E-state index contributed by atoms with van der Waals surface area (Å²) in [4.78, 5) is 25.3. The molecule has 2 aromatic carbocycles. The lowest BCUT2D eigenvalue weighted by Gasteiger charge is -2.18. The molecule has 1 aromatic heterocycles. The van der Waals surface area contributed by atoms with Gasteiger partial charge >= 0.3 is 5.97 Å². The van der Waals surface area contributed by atoms with Crippen LogP contribution < -0.4 is 5.32 Å². The highest BCUT2D eigenvalue weighted by Gasteiger charge is 2.27. The second kappa shape index (κ2) is 7.86. The van der Waals surface area contributed by atoms with E-state index in [9.17, 15) is 9.59 Å². The molecule has 1 N–H and O–H groups in total. The van der Waals surface area contributed by atoms with Crippen molar-refractivity contribution in [1.82, 2.24) is 5.16 Å². The fourth-order valence-electron chi connectivity index (χ4n) is 2.59. The van der Waals surface area contributed by atoms with Gasteiger partial charge in [-0.25, -0.2) is 4.79 Å². The van der Waals surface area contributed by atoms with Gasteiger partial charge in [-0.3, -0.25) is 4.79 Å². The molecule has 0 saturated carbocycles. The van der Waals surface area contributed by atoms with Gasteiger partial charge in [0.15, 0.2) is 0 Å². The van der Waals surface area contributed by atoms with E-state index in [1.54, 1.807) is 31.2 Å². The molecule has 0 unspecified atom stereocenters. The largest absolute Gasteiger partial charge is 0.441 e. The van der Waals surface area contributed by atoms with E-state index in [2.05, 4.69) is 10.5 Å². The number of hydrogen-bond donors (Lipinski definition) is 1. The van der Waals surface area contributed by atoms with Crippen LogP contribution in [0.4, 0.5) is 5.69 Å². The minimum atomic E-state index is -1.12. The quantitative estimate of drug-likeness (QED) is 0.688. The van der Waals surface area contributed by atoms with Crippen LogP contribution in [0.25, 0.3) is 0 Å². The summed E-state index contributed by atoms with van der Waals surface area (Å²) in [7, 11) is 0. The normalized spacial score (nSPS) is 11.7. The summed E-state index contributed by atoms with van der Waals surface area (Å²) in [5.74, 6) is -1.24. The van der Waals surface area contributed by atoms with Crippen molar-refractivity contribution < 1.29 is 18.8 Å². The fraction of sp³-hybridized carbons (Fsp3) is 0.190. The van der Waals surface area contributed by atoms with Crippen molar-refractivity contribution in [3.63, 3.8) is 0 Å². The second-order valence-corrected chi connectivity index (χ2v) is 6.34. The van der Waals surface area contributed by atoms with Crippen LogP contribution in [0.5, 0.6) is 0 Å². The average Bonchev–Trinajstić information content (AvgIpc) is 3.09. The molecule has 0 aliphatic heterocycles. The van der Waals surface area contributed by atoms with Crippen molar-refractivity contribution in [2.45, 2.75) is 26.9 Å². The van der Waals surface area contributed by atoms with Gasteiger partial charge in [0.1, 0.15) is 0 Å². The van der Waals surface area contributed by atoms with Gasteiger partial charge in [0, 0.05) is 17.3 Å². The number of anilines is 1. The number of nitrogens with zero attached hydrogens (tertiary/aromatic N) is 1. The van der Waals surface area contributed by atoms with Gasteiger partial charge in [-0.05, 0) is 38.0 Å². The molecule has 27 heavy (non-hydrogen) atoms. The molecule has 0 aliphatic rings. The smallest absolute Gasteiger partial charge is 0.378 e. The van der Waals surface area contributed by atoms with E-state index >= 15 is 0 Å². The molecule has 1 amide bonds. The molecule has 3 aromatic rings. The average molecular weight is 364 g/mol. The molecular formula is C21H20N2O4. The topological polar surface area (TPSA) is 81.4 Å². The summed E-state index contributed by atoms with van der Waals surface area (Å²) in [6.07, 6.45) is -1.12. The van der Waals surface area contributed by atoms with Gasteiger partial charge in [-0.1, -0.05) is 47.6 Å². The lowest BCUT2D eigenvalue weighted by Crippen LogP contribution is -2.26. The maximum Gasteiger partial charge on any atom is 0.378 e. The van der Waals surface area contributed by atoms with Crippen molar-refractivity contribution in [3.8, 4) is 0 Å². The van der Waals surface area contributed by atoms with E-state index < -0.39 is 18.0 Å². The number of hydrogen-bond acceptors (Lipinski definition) is 5. The van der Waals surface area contributed by atoms with Crippen LogP contribution in [-0.2, 0) is 9.53 Å². The predicted octanol–water partition coefficient (Wildman–Crippen LogP) is 4.14. The Morgan fingerprint density at radius 1 is 1.04 bits per heavy atom. The maximum atomic E-state index is 12.9. The minimum Gasteiger partial charge on any atom is -0.441 e. The Bertz CT molecular complexity index is 963. The van der Waals surface area contributed by atoms with Gasteiger partial charge in [0.25, 0.3) is 5.91 Å². The minimum absolute atomic E-state index is 0.0482. The third kappa shape index (κ3) is 4.41. The number of rotatable bonds is 5. The Morgan fingerprint density at radius 3 is 2.44 bits per heavy atom. The van der Waals surface area contributed by atoms with Crippen LogP contribution in [0, 0.1) is 20.8 Å². The summed E-state index contributed by atoms with van der Waals surface area (Å²) in [6, 6.07) is 16.1. The molecule has 1 atom stereocenters. The molecule has 0 fully saturated rings. The van der Waals surface area contributed by atoms with Gasteiger partial charge in [0.05, 0.1) is 5.69 Å². The highest BCUT2D eigenvalue weighted by atomic mass is 16.6. The molecule has 0 aliphatic carbocycles. The Morgan fingerprint density at radius 2 is 1.78 bits per heavy atom. The van der Waals surface area contributed by atoms with E-state index in [1.165, 1.54) is 6.07 Å². The zero-order chi connectivity index (χ0) is 19.4. The highest BCUT2D eigenvalue weighted by Crippen LogP contribution is 2.24. The molecule has 0 saturated heterocycles. The lowest BCUT2D eigenvalue weighted by molar-refractivity contribution is -0.125. The van der Waals surface area contributed by atoms with Crippen LogP contribution >= 0.6 is 0 Å². The van der Waals surface area contributed by atoms with E-state index in [-0.39, 0.29) is 5.76 Å². The van der Waals surface area contributed by atoms with Crippen molar-refractivity contribution in [1.29, 1.82) is 0 Å². The standard InChI is InChI=1S/C21H20N2O4/c1-13-9-10-14(2)17(11-13)22-20(24)19(16-7-5-4-6-8-16)26-21(25)18-12-15(3)23-27-18/h4-12,19H,1-3H3,(H,22,24)/t19-/m0/s1. The number of aryl methyl sites for hydroxylation is 3. The molecule has 138 valence electrons. The monoisotopic (exact) mass is 364 g/mol. The van der Waals surface area contributed by atoms with E-state index in [4.69, 9.17) is 9.26 Å². The number of ether oxygens (including phenoxy) is 1. The number of carbonyl (C=O) groups excluding carboxylic acids is 2. The van der Waals surface area contributed by atoms with Crippen LogP contribution in [-0.4, -0.2) is 17.0 Å². The number of nitrogens with one attached hydrogen (secondary N) is 1. The molecule has 6 heteroatoms. The first-order valence-electron chi connectivity index (χ1n) is 8.51. The molecule has 0 spiro atoms. The first-order chi connectivity index (χ1) is 12.9. The van der Waals surface area contributed by atoms with Gasteiger partial charge in [-0.15, -0.1) is 0 Å². The third-order valence-electron chi connectivity index (χ3n) is 4.05. The van der Waals surface area contributed by atoms with E-state index in [0.717, 1.165) is 11.1 Å². The molecular weight excluding hydrogens is 344 g/mol. The maximum absolute atomic E-state index is 12.9. The molecule has 0 bridgehead atoms. The molecule has 1 heterocycles. The SMILES string of the molecule is Cc1ccc(C)c(NC(=O)[C@@H](OC(=O)c2cc(C)no2)c2ccccc2)c1. The van der Waals surface area contributed by atoms with Crippen molar-refractivity contribution in [3.05, 3.63) is 82.7 Å². The van der Waals surface area contributed by atoms with E-state index in [1.807, 2.05) is 38.1 Å². The van der Waals surface area contributed by atoms with Gasteiger partial charge in [-0.2, -0.15) is 0 Å². The Hall–Kier alpha value is -3.41. The Kier molecular flexibility index (Phi) is 5.35. The number of esters is 1. The Labute approximate surface area is 157 Å². The second-order valence-electron chi connectivity index (χ2n) is 6.34. The van der Waals surface area contributed by atoms with E-state index in [0.29, 0.717) is 16.9 Å². The number of amides is 1. The van der Waals surface area contributed by atoms with Crippen molar-refractivity contribution in [2.24, 2.45) is 0 Å². The van der Waals surface area contributed by atoms with Crippen LogP contribution in [0.2, 0.25) is 0 Å².